The highest BCUT2D eigenvalue weighted by atomic mass is 32.1. The fourth-order valence-electron chi connectivity index (χ4n) is 2.23. The van der Waals surface area contributed by atoms with Crippen LogP contribution in [0.2, 0.25) is 0 Å². The first-order valence-corrected chi connectivity index (χ1v) is 7.67. The van der Waals surface area contributed by atoms with E-state index in [0.29, 0.717) is 12.0 Å². The van der Waals surface area contributed by atoms with Crippen LogP contribution in [0.1, 0.15) is 23.4 Å². The molecule has 6 heteroatoms. The van der Waals surface area contributed by atoms with Crippen molar-refractivity contribution < 1.29 is 14.8 Å². The van der Waals surface area contributed by atoms with Crippen LogP contribution >= 0.6 is 11.3 Å². The average molecular weight is 305 g/mol. The number of hydrogen-bond donors (Lipinski definition) is 2. The monoisotopic (exact) mass is 305 g/mol. The summed E-state index contributed by atoms with van der Waals surface area (Å²) in [5, 5.41) is 20.7. The lowest BCUT2D eigenvalue weighted by Gasteiger charge is -2.25. The molecule has 0 fully saturated rings. The number of benzene rings is 1. The number of rotatable bonds is 6. The van der Waals surface area contributed by atoms with Crippen molar-refractivity contribution in [3.63, 3.8) is 0 Å². The standard InChI is InChI=1S/C15H20BNO3S/c1-11(15-5-4-8-21-15)17(2)10-12-9-13(16(18)19)6-7-14(12)20-3/h4-9,11,18-19H,10H2,1-3H3. The Morgan fingerprint density at radius 1 is 1.33 bits per heavy atom. The Balaban J connectivity index is 2.19. The second kappa shape index (κ2) is 7.09. The van der Waals surface area contributed by atoms with E-state index in [1.165, 1.54) is 4.88 Å². The van der Waals surface area contributed by atoms with E-state index in [1.807, 2.05) is 13.1 Å². The normalized spacial score (nSPS) is 12.5. The van der Waals surface area contributed by atoms with Gasteiger partial charge in [0, 0.05) is 23.0 Å². The summed E-state index contributed by atoms with van der Waals surface area (Å²) in [5.74, 6) is 0.754. The molecule has 0 aliphatic carbocycles. The van der Waals surface area contributed by atoms with Gasteiger partial charge in [0.05, 0.1) is 7.11 Å². The summed E-state index contributed by atoms with van der Waals surface area (Å²) >= 11 is 1.73. The van der Waals surface area contributed by atoms with E-state index in [-0.39, 0.29) is 6.04 Å². The van der Waals surface area contributed by atoms with Gasteiger partial charge in [0.15, 0.2) is 0 Å². The molecular weight excluding hydrogens is 285 g/mol. The first kappa shape index (κ1) is 16.0. The molecule has 0 aliphatic heterocycles. The van der Waals surface area contributed by atoms with Gasteiger partial charge in [0.1, 0.15) is 5.75 Å². The number of ether oxygens (including phenoxy) is 1. The Morgan fingerprint density at radius 3 is 2.67 bits per heavy atom. The van der Waals surface area contributed by atoms with E-state index in [0.717, 1.165) is 11.3 Å². The molecule has 1 aromatic carbocycles. The highest BCUT2D eigenvalue weighted by molar-refractivity contribution is 7.10. The minimum atomic E-state index is -1.46. The zero-order valence-corrected chi connectivity index (χ0v) is 13.3. The highest BCUT2D eigenvalue weighted by Crippen LogP contribution is 2.26. The highest BCUT2D eigenvalue weighted by Gasteiger charge is 2.17. The maximum atomic E-state index is 9.31. The van der Waals surface area contributed by atoms with Crippen LogP contribution in [0.25, 0.3) is 0 Å². The lowest BCUT2D eigenvalue weighted by atomic mass is 9.79. The van der Waals surface area contributed by atoms with E-state index in [2.05, 4.69) is 23.3 Å². The molecule has 0 aliphatic rings. The van der Waals surface area contributed by atoms with Gasteiger partial charge in [-0.2, -0.15) is 0 Å². The fourth-order valence-corrected chi connectivity index (χ4v) is 3.08. The Kier molecular flexibility index (Phi) is 5.42. The van der Waals surface area contributed by atoms with Gasteiger partial charge in [-0.15, -0.1) is 11.3 Å². The first-order chi connectivity index (χ1) is 10.0. The summed E-state index contributed by atoms with van der Waals surface area (Å²) in [5.41, 5.74) is 1.41. The van der Waals surface area contributed by atoms with Gasteiger partial charge >= 0.3 is 7.12 Å². The van der Waals surface area contributed by atoms with Crippen LogP contribution in [0.5, 0.6) is 5.75 Å². The van der Waals surface area contributed by atoms with Crippen molar-refractivity contribution >= 4 is 23.9 Å². The summed E-state index contributed by atoms with van der Waals surface area (Å²) < 4.78 is 5.36. The molecule has 0 spiro atoms. The lowest BCUT2D eigenvalue weighted by Crippen LogP contribution is -2.31. The molecule has 2 rings (SSSR count). The van der Waals surface area contributed by atoms with E-state index in [9.17, 15) is 10.0 Å². The third kappa shape index (κ3) is 3.86. The van der Waals surface area contributed by atoms with Gasteiger partial charge in [-0.1, -0.05) is 18.2 Å². The second-order valence-electron chi connectivity index (χ2n) is 5.05. The Bertz CT molecular complexity index is 574. The molecule has 2 N–H and O–H groups in total. The molecule has 1 unspecified atom stereocenters. The molecule has 0 radical (unpaired) electrons. The van der Waals surface area contributed by atoms with E-state index in [1.54, 1.807) is 36.6 Å². The largest absolute Gasteiger partial charge is 0.496 e. The van der Waals surface area contributed by atoms with Crippen LogP contribution in [0.3, 0.4) is 0 Å². The molecule has 0 saturated heterocycles. The topological polar surface area (TPSA) is 52.9 Å². The van der Waals surface area contributed by atoms with Gasteiger partial charge < -0.3 is 14.8 Å². The summed E-state index contributed by atoms with van der Waals surface area (Å²) in [6.45, 7) is 2.83. The molecular formula is C15H20BNO3S. The third-order valence-electron chi connectivity index (χ3n) is 3.64. The number of methoxy groups -OCH3 is 1. The minimum Gasteiger partial charge on any atom is -0.496 e. The first-order valence-electron chi connectivity index (χ1n) is 6.79. The molecule has 0 amide bonds. The van der Waals surface area contributed by atoms with E-state index in [4.69, 9.17) is 4.74 Å². The lowest BCUT2D eigenvalue weighted by molar-refractivity contribution is 0.252. The van der Waals surface area contributed by atoms with Gasteiger partial charge in [-0.3, -0.25) is 4.90 Å². The van der Waals surface area contributed by atoms with Gasteiger partial charge in [-0.25, -0.2) is 0 Å². The minimum absolute atomic E-state index is 0.289. The molecule has 1 atom stereocenters. The maximum Gasteiger partial charge on any atom is 0.488 e. The molecule has 1 heterocycles. The predicted octanol–water partition coefficient (Wildman–Crippen LogP) is 1.63. The van der Waals surface area contributed by atoms with Crippen molar-refractivity contribution in [3.05, 3.63) is 46.2 Å². The molecule has 4 nitrogen and oxygen atoms in total. The zero-order chi connectivity index (χ0) is 15.4. The quantitative estimate of drug-likeness (QED) is 0.797. The van der Waals surface area contributed by atoms with E-state index >= 15 is 0 Å². The molecule has 0 bridgehead atoms. The van der Waals surface area contributed by atoms with Gasteiger partial charge in [0.2, 0.25) is 0 Å². The van der Waals surface area contributed by atoms with E-state index < -0.39 is 7.12 Å². The van der Waals surface area contributed by atoms with Crippen LogP contribution in [0.4, 0.5) is 0 Å². The molecule has 112 valence electrons. The number of nitrogens with zero attached hydrogens (tertiary/aromatic N) is 1. The summed E-state index contributed by atoms with van der Waals surface area (Å²) in [6.07, 6.45) is 0. The third-order valence-corrected chi connectivity index (χ3v) is 4.68. The Morgan fingerprint density at radius 2 is 2.10 bits per heavy atom. The van der Waals surface area contributed by atoms with Crippen molar-refractivity contribution in [2.75, 3.05) is 14.2 Å². The van der Waals surface area contributed by atoms with Crippen molar-refractivity contribution in [2.24, 2.45) is 0 Å². The predicted molar refractivity (Wildman–Crippen MR) is 87.0 cm³/mol. The van der Waals surface area contributed by atoms with Gasteiger partial charge in [-0.05, 0) is 36.9 Å². The number of thiophene rings is 1. The van der Waals surface area contributed by atoms with Crippen molar-refractivity contribution in [3.8, 4) is 5.75 Å². The van der Waals surface area contributed by atoms with Crippen molar-refractivity contribution in [1.29, 1.82) is 0 Å². The summed E-state index contributed by atoms with van der Waals surface area (Å²) in [4.78, 5) is 3.51. The van der Waals surface area contributed by atoms with Crippen LogP contribution in [0.15, 0.2) is 35.7 Å². The van der Waals surface area contributed by atoms with Crippen molar-refractivity contribution in [1.82, 2.24) is 4.90 Å². The molecule has 1 aromatic heterocycles. The van der Waals surface area contributed by atoms with Gasteiger partial charge in [0.25, 0.3) is 0 Å². The zero-order valence-electron chi connectivity index (χ0n) is 12.5. The fraction of sp³-hybridized carbons (Fsp3) is 0.333. The van der Waals surface area contributed by atoms with Crippen LogP contribution in [0, 0.1) is 0 Å². The van der Waals surface area contributed by atoms with Crippen LogP contribution in [-0.4, -0.2) is 36.2 Å². The SMILES string of the molecule is COc1ccc(B(O)O)cc1CN(C)C(C)c1cccs1. The Labute approximate surface area is 129 Å². The maximum absolute atomic E-state index is 9.31. The molecule has 21 heavy (non-hydrogen) atoms. The molecule has 2 aromatic rings. The van der Waals surface area contributed by atoms with Crippen molar-refractivity contribution in [2.45, 2.75) is 19.5 Å². The number of hydrogen-bond acceptors (Lipinski definition) is 5. The smallest absolute Gasteiger partial charge is 0.488 e. The van der Waals surface area contributed by atoms with Crippen LogP contribution < -0.4 is 10.2 Å². The molecule has 0 saturated carbocycles. The average Bonchev–Trinajstić information content (AvgIpc) is 3.00. The second-order valence-corrected chi connectivity index (χ2v) is 6.03. The summed E-state index contributed by atoms with van der Waals surface area (Å²) in [7, 11) is 2.21. The summed E-state index contributed by atoms with van der Waals surface area (Å²) in [6, 6.07) is 9.67. The Hall–Kier alpha value is -1.34. The van der Waals surface area contributed by atoms with Crippen LogP contribution in [-0.2, 0) is 6.54 Å².